The first kappa shape index (κ1) is 24.5. The number of aromatic nitrogens is 1. The molecule has 0 N–H and O–H groups in total. The van der Waals surface area contributed by atoms with Crippen LogP contribution in [-0.4, -0.2) is 59.0 Å². The number of hydrogen-bond acceptors (Lipinski definition) is 3. The highest BCUT2D eigenvalue weighted by molar-refractivity contribution is 5.87. The van der Waals surface area contributed by atoms with E-state index in [1.165, 1.54) is 12.0 Å². The van der Waals surface area contributed by atoms with Crippen molar-refractivity contribution in [3.8, 4) is 0 Å². The SMILES string of the molecule is COCCCN(CC(=O)N(Cc1cccn1Cc1ccccc1)C1CCCCC1)C(=O)C1CC1. The van der Waals surface area contributed by atoms with Gasteiger partial charge in [0.25, 0.3) is 0 Å². The maximum absolute atomic E-state index is 13.7. The number of rotatable bonds is 12. The summed E-state index contributed by atoms with van der Waals surface area (Å²) in [6.07, 6.45) is 10.4. The van der Waals surface area contributed by atoms with E-state index in [1.54, 1.807) is 12.0 Å². The Morgan fingerprint density at radius 1 is 1.00 bits per heavy atom. The molecule has 0 unspecified atom stereocenters. The Kier molecular flexibility index (Phi) is 8.80. The molecule has 2 fully saturated rings. The quantitative estimate of drug-likeness (QED) is 0.435. The van der Waals surface area contributed by atoms with Crippen LogP contribution in [0.1, 0.15) is 62.6 Å². The van der Waals surface area contributed by atoms with Crippen molar-refractivity contribution in [3.63, 3.8) is 0 Å². The number of hydrogen-bond donors (Lipinski definition) is 0. The average molecular weight is 466 g/mol. The van der Waals surface area contributed by atoms with Crippen molar-refractivity contribution in [2.75, 3.05) is 26.8 Å². The van der Waals surface area contributed by atoms with Crippen molar-refractivity contribution >= 4 is 11.8 Å². The van der Waals surface area contributed by atoms with E-state index in [9.17, 15) is 9.59 Å². The van der Waals surface area contributed by atoms with Gasteiger partial charge in [0.2, 0.25) is 11.8 Å². The van der Waals surface area contributed by atoms with Crippen LogP contribution < -0.4 is 0 Å². The van der Waals surface area contributed by atoms with Crippen LogP contribution in [0.15, 0.2) is 48.7 Å². The topological polar surface area (TPSA) is 54.8 Å². The van der Waals surface area contributed by atoms with Gasteiger partial charge in [-0.3, -0.25) is 9.59 Å². The van der Waals surface area contributed by atoms with Gasteiger partial charge < -0.3 is 19.1 Å². The van der Waals surface area contributed by atoms with Gasteiger partial charge in [0.15, 0.2) is 0 Å². The van der Waals surface area contributed by atoms with Gasteiger partial charge in [0.05, 0.1) is 13.1 Å². The van der Waals surface area contributed by atoms with Crippen molar-refractivity contribution in [1.82, 2.24) is 14.4 Å². The summed E-state index contributed by atoms with van der Waals surface area (Å²) in [5, 5.41) is 0. The summed E-state index contributed by atoms with van der Waals surface area (Å²) in [4.78, 5) is 30.5. The van der Waals surface area contributed by atoms with Crippen LogP contribution in [0, 0.1) is 5.92 Å². The fourth-order valence-electron chi connectivity index (χ4n) is 5.03. The van der Waals surface area contributed by atoms with Gasteiger partial charge in [-0.05, 0) is 49.8 Å². The Balaban J connectivity index is 1.49. The van der Waals surface area contributed by atoms with Crippen molar-refractivity contribution < 1.29 is 14.3 Å². The molecule has 184 valence electrons. The fourth-order valence-corrected chi connectivity index (χ4v) is 5.03. The predicted octanol–water partition coefficient (Wildman–Crippen LogP) is 4.47. The molecule has 0 radical (unpaired) electrons. The molecule has 0 aliphatic heterocycles. The third-order valence-electron chi connectivity index (χ3n) is 7.13. The van der Waals surface area contributed by atoms with Crippen LogP contribution in [0.5, 0.6) is 0 Å². The smallest absolute Gasteiger partial charge is 0.242 e. The first-order valence-corrected chi connectivity index (χ1v) is 12.9. The van der Waals surface area contributed by atoms with Crippen LogP contribution >= 0.6 is 0 Å². The summed E-state index contributed by atoms with van der Waals surface area (Å²) >= 11 is 0. The number of benzene rings is 1. The Bertz CT molecular complexity index is 916. The van der Waals surface area contributed by atoms with Gasteiger partial charge in [-0.25, -0.2) is 0 Å². The third-order valence-corrected chi connectivity index (χ3v) is 7.13. The average Bonchev–Trinajstić information content (AvgIpc) is 3.63. The van der Waals surface area contributed by atoms with Gasteiger partial charge in [-0.15, -0.1) is 0 Å². The minimum absolute atomic E-state index is 0.0748. The first-order valence-electron chi connectivity index (χ1n) is 12.9. The van der Waals surface area contributed by atoms with E-state index in [4.69, 9.17) is 4.74 Å². The van der Waals surface area contributed by atoms with E-state index in [0.29, 0.717) is 19.7 Å². The molecule has 6 nitrogen and oxygen atoms in total. The molecular weight excluding hydrogens is 426 g/mol. The second-order valence-corrected chi connectivity index (χ2v) is 9.81. The van der Waals surface area contributed by atoms with E-state index in [1.807, 2.05) is 6.07 Å². The van der Waals surface area contributed by atoms with E-state index >= 15 is 0 Å². The minimum atomic E-state index is 0.0748. The van der Waals surface area contributed by atoms with Crippen LogP contribution in [-0.2, 0) is 27.4 Å². The normalized spacial score (nSPS) is 16.4. The Morgan fingerprint density at radius 2 is 1.76 bits per heavy atom. The summed E-state index contributed by atoms with van der Waals surface area (Å²) in [5.41, 5.74) is 2.39. The molecule has 2 amide bonds. The summed E-state index contributed by atoms with van der Waals surface area (Å²) in [7, 11) is 1.67. The molecule has 2 aliphatic rings. The zero-order valence-corrected chi connectivity index (χ0v) is 20.5. The zero-order chi connectivity index (χ0) is 23.8. The molecule has 1 aromatic carbocycles. The minimum Gasteiger partial charge on any atom is -0.385 e. The summed E-state index contributed by atoms with van der Waals surface area (Å²) in [5.74, 6) is 0.327. The standard InChI is InChI=1S/C28H39N3O3/c1-34-19-9-18-30(28(33)24-15-16-24)22-27(32)31(25-12-6-3-7-13-25)21-26-14-8-17-29(26)20-23-10-4-2-5-11-23/h2,4-5,8,10-11,14,17,24-25H,3,6-7,9,12-13,15-16,18-22H2,1H3. The van der Waals surface area contributed by atoms with E-state index in [2.05, 4.69) is 52.1 Å². The van der Waals surface area contributed by atoms with Crippen LogP contribution in [0.3, 0.4) is 0 Å². The Labute approximate surface area is 203 Å². The van der Waals surface area contributed by atoms with Crippen molar-refractivity contribution in [2.24, 2.45) is 5.92 Å². The Morgan fingerprint density at radius 3 is 2.47 bits per heavy atom. The van der Waals surface area contributed by atoms with Crippen LogP contribution in [0.25, 0.3) is 0 Å². The molecule has 1 heterocycles. The highest BCUT2D eigenvalue weighted by Gasteiger charge is 2.35. The van der Waals surface area contributed by atoms with Crippen LogP contribution in [0.4, 0.5) is 0 Å². The van der Waals surface area contributed by atoms with E-state index in [-0.39, 0.29) is 30.3 Å². The lowest BCUT2D eigenvalue weighted by Crippen LogP contribution is -2.48. The molecule has 1 aromatic heterocycles. The molecule has 34 heavy (non-hydrogen) atoms. The second kappa shape index (κ2) is 12.2. The molecule has 0 saturated heterocycles. The van der Waals surface area contributed by atoms with E-state index < -0.39 is 0 Å². The molecule has 0 bridgehead atoms. The van der Waals surface area contributed by atoms with Gasteiger partial charge in [-0.2, -0.15) is 0 Å². The molecule has 4 rings (SSSR count). The molecule has 0 atom stereocenters. The number of ether oxygens (including phenoxy) is 1. The van der Waals surface area contributed by atoms with Crippen molar-refractivity contribution in [2.45, 2.75) is 70.5 Å². The molecular formula is C28H39N3O3. The number of amides is 2. The summed E-state index contributed by atoms with van der Waals surface area (Å²) < 4.78 is 7.43. The molecule has 0 spiro atoms. The number of methoxy groups -OCH3 is 1. The summed E-state index contributed by atoms with van der Waals surface area (Å²) in [6, 6.07) is 14.9. The predicted molar refractivity (Wildman–Crippen MR) is 133 cm³/mol. The molecule has 6 heteroatoms. The molecule has 2 saturated carbocycles. The lowest BCUT2D eigenvalue weighted by Gasteiger charge is -2.36. The van der Waals surface area contributed by atoms with Gasteiger partial charge in [0.1, 0.15) is 0 Å². The van der Waals surface area contributed by atoms with Crippen molar-refractivity contribution in [1.29, 1.82) is 0 Å². The molecule has 2 aliphatic carbocycles. The maximum Gasteiger partial charge on any atom is 0.242 e. The lowest BCUT2D eigenvalue weighted by molar-refractivity contribution is -0.143. The third kappa shape index (κ3) is 6.72. The fraction of sp³-hybridized carbons (Fsp3) is 0.571. The summed E-state index contributed by atoms with van der Waals surface area (Å²) in [6.45, 7) is 2.74. The first-order chi connectivity index (χ1) is 16.7. The number of nitrogens with zero attached hydrogens (tertiary/aromatic N) is 3. The van der Waals surface area contributed by atoms with Crippen LogP contribution in [0.2, 0.25) is 0 Å². The monoisotopic (exact) mass is 465 g/mol. The lowest BCUT2D eigenvalue weighted by atomic mass is 9.94. The highest BCUT2D eigenvalue weighted by atomic mass is 16.5. The Hall–Kier alpha value is -2.60. The van der Waals surface area contributed by atoms with Crippen molar-refractivity contribution in [3.05, 3.63) is 59.9 Å². The maximum atomic E-state index is 13.7. The van der Waals surface area contributed by atoms with Gasteiger partial charge in [-0.1, -0.05) is 49.6 Å². The van der Waals surface area contributed by atoms with Gasteiger partial charge in [0, 0.05) is 50.7 Å². The zero-order valence-electron chi connectivity index (χ0n) is 20.5. The molecule has 2 aromatic rings. The van der Waals surface area contributed by atoms with Gasteiger partial charge >= 0.3 is 0 Å². The largest absolute Gasteiger partial charge is 0.385 e. The number of carbonyl (C=O) groups excluding carboxylic acids is 2. The second-order valence-electron chi connectivity index (χ2n) is 9.81. The van der Waals surface area contributed by atoms with E-state index in [0.717, 1.165) is 57.2 Å². The highest BCUT2D eigenvalue weighted by Crippen LogP contribution is 2.31. The number of carbonyl (C=O) groups is 2.